The van der Waals surface area contributed by atoms with Gasteiger partial charge in [-0.1, -0.05) is 54.6 Å². The first-order valence-corrected chi connectivity index (χ1v) is 12.4. The molecule has 0 aliphatic rings. The van der Waals surface area contributed by atoms with E-state index in [1.807, 2.05) is 48.5 Å². The molecule has 35 heavy (non-hydrogen) atoms. The van der Waals surface area contributed by atoms with Crippen LogP contribution in [0.2, 0.25) is 0 Å². The SMILES string of the molecule is COc1ccccc1CN(C)C(=O)COC(=O)c1ccc(C)c(S(=O)(=O)NCc2ccccc2)c1. The molecule has 3 aromatic rings. The Bertz CT molecular complexity index is 1290. The number of carbonyl (C=O) groups excluding carboxylic acids is 2. The molecule has 0 radical (unpaired) electrons. The fourth-order valence-electron chi connectivity index (χ4n) is 3.37. The molecule has 3 rings (SSSR count). The van der Waals surface area contributed by atoms with Gasteiger partial charge in [0.05, 0.1) is 17.6 Å². The van der Waals surface area contributed by atoms with Gasteiger partial charge in [0.1, 0.15) is 5.75 Å². The zero-order valence-electron chi connectivity index (χ0n) is 19.9. The Hall–Kier alpha value is -3.69. The van der Waals surface area contributed by atoms with Gasteiger partial charge in [-0.05, 0) is 36.2 Å². The van der Waals surface area contributed by atoms with Gasteiger partial charge < -0.3 is 14.4 Å². The molecule has 3 aromatic carbocycles. The number of likely N-dealkylation sites (N-methyl/N-ethyl adjacent to an activating group) is 1. The third-order valence-electron chi connectivity index (χ3n) is 5.38. The van der Waals surface area contributed by atoms with Crippen LogP contribution in [0.15, 0.2) is 77.7 Å². The van der Waals surface area contributed by atoms with E-state index in [-0.39, 0.29) is 23.5 Å². The van der Waals surface area contributed by atoms with Crippen LogP contribution in [0.3, 0.4) is 0 Å². The second kappa shape index (κ2) is 11.6. The molecular weight excluding hydrogens is 468 g/mol. The largest absolute Gasteiger partial charge is 0.496 e. The molecule has 0 spiro atoms. The van der Waals surface area contributed by atoms with Crippen LogP contribution in [0.4, 0.5) is 0 Å². The van der Waals surface area contributed by atoms with Crippen LogP contribution in [0.5, 0.6) is 5.75 Å². The lowest BCUT2D eigenvalue weighted by Gasteiger charge is -2.19. The van der Waals surface area contributed by atoms with E-state index >= 15 is 0 Å². The molecule has 0 aromatic heterocycles. The lowest BCUT2D eigenvalue weighted by molar-refractivity contribution is -0.133. The maximum absolute atomic E-state index is 12.8. The van der Waals surface area contributed by atoms with Gasteiger partial charge in [-0.25, -0.2) is 17.9 Å². The van der Waals surface area contributed by atoms with Crippen LogP contribution < -0.4 is 9.46 Å². The van der Waals surface area contributed by atoms with Crippen molar-refractivity contribution in [2.24, 2.45) is 0 Å². The number of carbonyl (C=O) groups is 2. The van der Waals surface area contributed by atoms with Crippen molar-refractivity contribution in [1.29, 1.82) is 0 Å². The van der Waals surface area contributed by atoms with Crippen molar-refractivity contribution in [2.75, 3.05) is 20.8 Å². The maximum atomic E-state index is 12.8. The molecule has 9 heteroatoms. The van der Waals surface area contributed by atoms with Gasteiger partial charge in [-0.15, -0.1) is 0 Å². The number of hydrogen-bond acceptors (Lipinski definition) is 6. The first-order chi connectivity index (χ1) is 16.7. The molecule has 0 bridgehead atoms. The highest BCUT2D eigenvalue weighted by atomic mass is 32.2. The molecule has 0 aliphatic heterocycles. The number of nitrogens with zero attached hydrogens (tertiary/aromatic N) is 1. The molecule has 0 unspecified atom stereocenters. The molecule has 0 aliphatic carbocycles. The summed E-state index contributed by atoms with van der Waals surface area (Å²) in [7, 11) is -0.730. The van der Waals surface area contributed by atoms with Gasteiger partial charge >= 0.3 is 5.97 Å². The van der Waals surface area contributed by atoms with Crippen molar-refractivity contribution >= 4 is 21.9 Å². The summed E-state index contributed by atoms with van der Waals surface area (Å²) in [5.74, 6) is -0.546. The highest BCUT2D eigenvalue weighted by Crippen LogP contribution is 2.20. The number of rotatable bonds is 10. The first kappa shape index (κ1) is 25.9. The van der Waals surface area contributed by atoms with Crippen molar-refractivity contribution in [3.05, 3.63) is 95.1 Å². The van der Waals surface area contributed by atoms with Gasteiger partial charge in [0, 0.05) is 25.7 Å². The fourth-order valence-corrected chi connectivity index (χ4v) is 4.65. The Balaban J connectivity index is 1.63. The average molecular weight is 497 g/mol. The van der Waals surface area contributed by atoms with Crippen molar-refractivity contribution in [3.8, 4) is 5.75 Å². The number of benzene rings is 3. The Morgan fingerprint density at radius 3 is 2.37 bits per heavy atom. The van der Waals surface area contributed by atoms with Gasteiger partial charge in [0.15, 0.2) is 6.61 Å². The van der Waals surface area contributed by atoms with Gasteiger partial charge in [-0.2, -0.15) is 0 Å². The van der Waals surface area contributed by atoms with Gasteiger partial charge in [0.2, 0.25) is 10.0 Å². The predicted octanol–water partition coefficient (Wildman–Crippen LogP) is 3.30. The summed E-state index contributed by atoms with van der Waals surface area (Å²) in [6.45, 7) is 1.56. The van der Waals surface area contributed by atoms with Crippen molar-refractivity contribution in [3.63, 3.8) is 0 Å². The number of amides is 1. The zero-order chi connectivity index (χ0) is 25.4. The third-order valence-corrected chi connectivity index (χ3v) is 6.92. The second-order valence-corrected chi connectivity index (χ2v) is 9.66. The Morgan fingerprint density at radius 2 is 1.66 bits per heavy atom. The molecule has 0 atom stereocenters. The number of methoxy groups -OCH3 is 1. The van der Waals surface area contributed by atoms with E-state index in [1.54, 1.807) is 27.1 Å². The highest BCUT2D eigenvalue weighted by Gasteiger charge is 2.21. The van der Waals surface area contributed by atoms with Gasteiger partial charge in [-0.3, -0.25) is 4.79 Å². The molecule has 1 N–H and O–H groups in total. The predicted molar refractivity (Wildman–Crippen MR) is 131 cm³/mol. The van der Waals surface area contributed by atoms with E-state index in [0.29, 0.717) is 11.3 Å². The lowest BCUT2D eigenvalue weighted by atomic mass is 10.1. The minimum Gasteiger partial charge on any atom is -0.496 e. The molecule has 0 saturated carbocycles. The number of nitrogens with one attached hydrogen (secondary N) is 1. The third kappa shape index (κ3) is 6.91. The van der Waals surface area contributed by atoms with E-state index in [4.69, 9.17) is 9.47 Å². The van der Waals surface area contributed by atoms with Crippen molar-refractivity contribution in [1.82, 2.24) is 9.62 Å². The summed E-state index contributed by atoms with van der Waals surface area (Å²) in [6, 6.07) is 20.7. The number of hydrogen-bond donors (Lipinski definition) is 1. The molecule has 184 valence electrons. The molecule has 8 nitrogen and oxygen atoms in total. The Labute approximate surface area is 205 Å². The quantitative estimate of drug-likeness (QED) is 0.432. The van der Waals surface area contributed by atoms with Crippen LogP contribution >= 0.6 is 0 Å². The highest BCUT2D eigenvalue weighted by molar-refractivity contribution is 7.89. The number of esters is 1. The van der Waals surface area contributed by atoms with E-state index < -0.39 is 28.5 Å². The van der Waals surface area contributed by atoms with E-state index in [0.717, 1.165) is 11.1 Å². The average Bonchev–Trinajstić information content (AvgIpc) is 2.87. The fraction of sp³-hybridized carbons (Fsp3) is 0.231. The molecule has 0 saturated heterocycles. The molecule has 1 amide bonds. The summed E-state index contributed by atoms with van der Waals surface area (Å²) >= 11 is 0. The van der Waals surface area contributed by atoms with Gasteiger partial charge in [0.25, 0.3) is 5.91 Å². The Morgan fingerprint density at radius 1 is 0.971 bits per heavy atom. The van der Waals surface area contributed by atoms with E-state index in [1.165, 1.54) is 23.1 Å². The molecular formula is C26H28N2O6S. The topological polar surface area (TPSA) is 102 Å². The zero-order valence-corrected chi connectivity index (χ0v) is 20.7. The first-order valence-electron chi connectivity index (χ1n) is 10.9. The smallest absolute Gasteiger partial charge is 0.338 e. The summed E-state index contributed by atoms with van der Waals surface area (Å²) in [6.07, 6.45) is 0. The van der Waals surface area contributed by atoms with Crippen LogP contribution in [-0.2, 0) is 32.6 Å². The summed E-state index contributed by atoms with van der Waals surface area (Å²) in [5, 5.41) is 0. The maximum Gasteiger partial charge on any atom is 0.338 e. The van der Waals surface area contributed by atoms with E-state index in [9.17, 15) is 18.0 Å². The van der Waals surface area contributed by atoms with Crippen LogP contribution in [0.1, 0.15) is 27.0 Å². The summed E-state index contributed by atoms with van der Waals surface area (Å²) in [5.41, 5.74) is 2.14. The molecule has 0 heterocycles. The van der Waals surface area contributed by atoms with Crippen LogP contribution in [-0.4, -0.2) is 46.0 Å². The second-order valence-electron chi connectivity index (χ2n) is 7.93. The summed E-state index contributed by atoms with van der Waals surface area (Å²) < 4.78 is 38.7. The number of sulfonamides is 1. The number of aryl methyl sites for hydroxylation is 1. The molecule has 0 fully saturated rings. The Kier molecular flexibility index (Phi) is 8.62. The number of ether oxygens (including phenoxy) is 2. The lowest BCUT2D eigenvalue weighted by Crippen LogP contribution is -2.31. The van der Waals surface area contributed by atoms with E-state index in [2.05, 4.69) is 4.72 Å². The minimum absolute atomic E-state index is 0.0255. The normalized spacial score (nSPS) is 11.1. The minimum atomic E-state index is -3.88. The number of para-hydroxylation sites is 1. The monoisotopic (exact) mass is 496 g/mol. The van der Waals surface area contributed by atoms with Crippen LogP contribution in [0.25, 0.3) is 0 Å². The summed E-state index contributed by atoms with van der Waals surface area (Å²) in [4.78, 5) is 26.5. The van der Waals surface area contributed by atoms with Crippen molar-refractivity contribution < 1.29 is 27.5 Å². The van der Waals surface area contributed by atoms with Crippen LogP contribution in [0, 0.1) is 6.92 Å². The standard InChI is InChI=1S/C26H28N2O6S/c1-19-13-14-21(15-24(19)35(31,32)27-16-20-9-5-4-6-10-20)26(30)34-18-25(29)28(2)17-22-11-7-8-12-23(22)33-3/h4-15,27H,16-18H2,1-3H3. The van der Waals surface area contributed by atoms with Crippen molar-refractivity contribution in [2.45, 2.75) is 24.9 Å².